The highest BCUT2D eigenvalue weighted by atomic mass is 79.9. The third-order valence-corrected chi connectivity index (χ3v) is 2.58. The van der Waals surface area contributed by atoms with Crippen molar-refractivity contribution in [3.8, 4) is 5.75 Å². The molecule has 5 heteroatoms. The number of benzene rings is 1. The molecule has 0 fully saturated rings. The molecule has 80 valence electrons. The minimum Gasteiger partial charge on any atom is -0.495 e. The third-order valence-electron chi connectivity index (χ3n) is 2.09. The fourth-order valence-corrected chi connectivity index (χ4v) is 1.72. The number of guanidine groups is 1. The van der Waals surface area contributed by atoms with Gasteiger partial charge in [-0.25, -0.2) is 0 Å². The van der Waals surface area contributed by atoms with Crippen molar-refractivity contribution in [2.45, 2.75) is 0 Å². The number of methoxy groups -OCH3 is 1. The first-order chi connectivity index (χ1) is 7.29. The zero-order valence-corrected chi connectivity index (χ0v) is 9.97. The zero-order valence-electron chi connectivity index (χ0n) is 8.38. The van der Waals surface area contributed by atoms with E-state index < -0.39 is 0 Å². The van der Waals surface area contributed by atoms with Gasteiger partial charge in [0, 0.05) is 11.0 Å². The quantitative estimate of drug-likeness (QED) is 0.861. The molecule has 1 aliphatic rings. The smallest absolute Gasteiger partial charge is 0.196 e. The molecule has 15 heavy (non-hydrogen) atoms. The second kappa shape index (κ2) is 4.53. The van der Waals surface area contributed by atoms with Crippen LogP contribution in [0.25, 0.3) is 0 Å². The molecule has 1 aliphatic heterocycles. The van der Waals surface area contributed by atoms with Crippen LogP contribution in [0.5, 0.6) is 5.75 Å². The van der Waals surface area contributed by atoms with Crippen molar-refractivity contribution < 1.29 is 4.74 Å². The van der Waals surface area contributed by atoms with Crippen LogP contribution in [0.4, 0.5) is 5.69 Å². The molecule has 0 aromatic heterocycles. The molecule has 0 atom stereocenters. The number of rotatable bonds is 2. The lowest BCUT2D eigenvalue weighted by Crippen LogP contribution is -2.26. The molecule has 2 rings (SSSR count). The summed E-state index contributed by atoms with van der Waals surface area (Å²) < 4.78 is 6.25. The SMILES string of the molecule is COc1cc(Br)ccc1NC1=NCCN1. The number of nitrogens with one attached hydrogen (secondary N) is 2. The van der Waals surface area contributed by atoms with Gasteiger partial charge in [0.1, 0.15) is 5.75 Å². The zero-order chi connectivity index (χ0) is 10.7. The number of hydrogen-bond donors (Lipinski definition) is 2. The van der Waals surface area contributed by atoms with E-state index in [1.165, 1.54) is 0 Å². The first kappa shape index (κ1) is 10.3. The average Bonchev–Trinajstić information content (AvgIpc) is 2.73. The summed E-state index contributed by atoms with van der Waals surface area (Å²) in [6.07, 6.45) is 0. The van der Waals surface area contributed by atoms with Crippen molar-refractivity contribution in [3.05, 3.63) is 22.7 Å². The fourth-order valence-electron chi connectivity index (χ4n) is 1.38. The lowest BCUT2D eigenvalue weighted by atomic mass is 10.3. The summed E-state index contributed by atoms with van der Waals surface area (Å²) in [7, 11) is 1.65. The standard InChI is InChI=1S/C10H12BrN3O/c1-15-9-6-7(11)2-3-8(9)14-10-12-4-5-13-10/h2-3,6H,4-5H2,1H3,(H2,12,13,14). The third kappa shape index (κ3) is 2.41. The average molecular weight is 270 g/mol. The van der Waals surface area contributed by atoms with Gasteiger partial charge in [-0.2, -0.15) is 0 Å². The molecule has 0 saturated heterocycles. The van der Waals surface area contributed by atoms with Gasteiger partial charge in [-0.05, 0) is 18.2 Å². The molecule has 2 N–H and O–H groups in total. The number of aliphatic imine (C=N–C) groups is 1. The monoisotopic (exact) mass is 269 g/mol. The Hall–Kier alpha value is -1.23. The van der Waals surface area contributed by atoms with Gasteiger partial charge >= 0.3 is 0 Å². The van der Waals surface area contributed by atoms with Crippen LogP contribution in [-0.2, 0) is 0 Å². The molecule has 4 nitrogen and oxygen atoms in total. The van der Waals surface area contributed by atoms with E-state index in [0.717, 1.165) is 35.0 Å². The van der Waals surface area contributed by atoms with Crippen molar-refractivity contribution >= 4 is 27.6 Å². The van der Waals surface area contributed by atoms with E-state index in [9.17, 15) is 0 Å². The molecule has 0 radical (unpaired) electrons. The Morgan fingerprint density at radius 3 is 3.07 bits per heavy atom. The van der Waals surface area contributed by atoms with E-state index in [0.29, 0.717) is 0 Å². The molecular formula is C10H12BrN3O. The van der Waals surface area contributed by atoms with E-state index in [4.69, 9.17) is 4.74 Å². The summed E-state index contributed by atoms with van der Waals surface area (Å²) in [5.74, 6) is 1.59. The maximum Gasteiger partial charge on any atom is 0.196 e. The Balaban J connectivity index is 2.19. The van der Waals surface area contributed by atoms with Crippen LogP contribution in [0.1, 0.15) is 0 Å². The molecule has 0 amide bonds. The Bertz CT molecular complexity index is 392. The number of hydrogen-bond acceptors (Lipinski definition) is 4. The predicted octanol–water partition coefficient (Wildman–Crippen LogP) is 1.83. The van der Waals surface area contributed by atoms with E-state index in [-0.39, 0.29) is 0 Å². The molecule has 0 spiro atoms. The first-order valence-electron chi connectivity index (χ1n) is 4.68. The fraction of sp³-hybridized carbons (Fsp3) is 0.300. The van der Waals surface area contributed by atoms with Gasteiger partial charge in [-0.3, -0.25) is 4.99 Å². The highest BCUT2D eigenvalue weighted by Crippen LogP contribution is 2.27. The summed E-state index contributed by atoms with van der Waals surface area (Å²) in [6.45, 7) is 1.71. The van der Waals surface area contributed by atoms with Crippen LogP contribution in [0.3, 0.4) is 0 Å². The Kier molecular flexibility index (Phi) is 3.11. The number of halogens is 1. The summed E-state index contributed by atoms with van der Waals surface area (Å²) in [5, 5.41) is 6.32. The summed E-state index contributed by atoms with van der Waals surface area (Å²) in [5.41, 5.74) is 0.911. The topological polar surface area (TPSA) is 45.6 Å². The summed E-state index contributed by atoms with van der Waals surface area (Å²) in [6, 6.07) is 5.82. The lowest BCUT2D eigenvalue weighted by molar-refractivity contribution is 0.416. The van der Waals surface area contributed by atoms with E-state index >= 15 is 0 Å². The van der Waals surface area contributed by atoms with Gasteiger partial charge in [0.25, 0.3) is 0 Å². The van der Waals surface area contributed by atoms with Crippen molar-refractivity contribution in [3.63, 3.8) is 0 Å². The number of nitrogens with zero attached hydrogens (tertiary/aromatic N) is 1. The van der Waals surface area contributed by atoms with Crippen molar-refractivity contribution in [2.75, 3.05) is 25.5 Å². The number of ether oxygens (including phenoxy) is 1. The molecule has 0 unspecified atom stereocenters. The molecule has 1 aromatic rings. The van der Waals surface area contributed by atoms with E-state index in [1.807, 2.05) is 18.2 Å². The largest absolute Gasteiger partial charge is 0.495 e. The molecule has 1 aromatic carbocycles. The molecule has 0 saturated carbocycles. The van der Waals surface area contributed by atoms with E-state index in [1.54, 1.807) is 7.11 Å². The maximum atomic E-state index is 5.26. The van der Waals surface area contributed by atoms with Gasteiger partial charge in [-0.15, -0.1) is 0 Å². The first-order valence-corrected chi connectivity index (χ1v) is 5.48. The number of anilines is 1. The van der Waals surface area contributed by atoms with Crippen LogP contribution >= 0.6 is 15.9 Å². The second-order valence-electron chi connectivity index (χ2n) is 3.13. The molecule has 0 aliphatic carbocycles. The highest BCUT2D eigenvalue weighted by Gasteiger charge is 2.08. The Morgan fingerprint density at radius 2 is 2.40 bits per heavy atom. The van der Waals surface area contributed by atoms with Crippen LogP contribution in [-0.4, -0.2) is 26.2 Å². The van der Waals surface area contributed by atoms with Gasteiger partial charge in [-0.1, -0.05) is 15.9 Å². The lowest BCUT2D eigenvalue weighted by Gasteiger charge is -2.11. The van der Waals surface area contributed by atoms with Crippen LogP contribution < -0.4 is 15.4 Å². The predicted molar refractivity (Wildman–Crippen MR) is 64.6 cm³/mol. The Morgan fingerprint density at radius 1 is 1.53 bits per heavy atom. The van der Waals surface area contributed by atoms with Crippen LogP contribution in [0.15, 0.2) is 27.7 Å². The minimum atomic E-state index is 0.792. The summed E-state index contributed by atoms with van der Waals surface area (Å²) >= 11 is 3.40. The van der Waals surface area contributed by atoms with Crippen LogP contribution in [0.2, 0.25) is 0 Å². The van der Waals surface area contributed by atoms with Crippen molar-refractivity contribution in [2.24, 2.45) is 4.99 Å². The Labute approximate surface area is 96.9 Å². The minimum absolute atomic E-state index is 0.792. The van der Waals surface area contributed by atoms with Gasteiger partial charge < -0.3 is 15.4 Å². The van der Waals surface area contributed by atoms with Gasteiger partial charge in [0.2, 0.25) is 0 Å². The van der Waals surface area contributed by atoms with Gasteiger partial charge in [0.15, 0.2) is 5.96 Å². The van der Waals surface area contributed by atoms with Crippen LogP contribution in [0, 0.1) is 0 Å². The molecule has 0 bridgehead atoms. The normalized spacial score (nSPS) is 14.4. The summed E-state index contributed by atoms with van der Waals surface area (Å²) in [4.78, 5) is 4.26. The maximum absolute atomic E-state index is 5.26. The van der Waals surface area contributed by atoms with Crippen molar-refractivity contribution in [1.82, 2.24) is 5.32 Å². The van der Waals surface area contributed by atoms with Crippen molar-refractivity contribution in [1.29, 1.82) is 0 Å². The van der Waals surface area contributed by atoms with Gasteiger partial charge in [0.05, 0.1) is 19.3 Å². The molecular weight excluding hydrogens is 258 g/mol. The molecule has 1 heterocycles. The highest BCUT2D eigenvalue weighted by molar-refractivity contribution is 9.10. The second-order valence-corrected chi connectivity index (χ2v) is 4.04. The van der Waals surface area contributed by atoms with E-state index in [2.05, 4.69) is 31.6 Å².